The predicted octanol–water partition coefficient (Wildman–Crippen LogP) is 1.43. The Labute approximate surface area is 76.3 Å². The van der Waals surface area contributed by atoms with Crippen LogP contribution in [0.1, 0.15) is 17.3 Å². The van der Waals surface area contributed by atoms with Gasteiger partial charge in [-0.25, -0.2) is 4.79 Å². The van der Waals surface area contributed by atoms with Crippen LogP contribution in [-0.4, -0.2) is 18.4 Å². The summed E-state index contributed by atoms with van der Waals surface area (Å²) in [4.78, 5) is 21.4. The molecule has 0 amide bonds. The maximum absolute atomic E-state index is 11.2. The fourth-order valence-corrected chi connectivity index (χ4v) is 0.839. The van der Waals surface area contributed by atoms with Crippen molar-refractivity contribution in [1.29, 1.82) is 0 Å². The van der Waals surface area contributed by atoms with Gasteiger partial charge in [0.05, 0.1) is 5.56 Å². The zero-order valence-corrected chi connectivity index (χ0v) is 7.27. The van der Waals surface area contributed by atoms with Crippen molar-refractivity contribution in [3.8, 4) is 0 Å². The molecule has 0 heterocycles. The van der Waals surface area contributed by atoms with Gasteiger partial charge in [-0.1, -0.05) is 18.2 Å². The molecule has 0 bridgehead atoms. The topological polar surface area (TPSA) is 43.4 Å². The van der Waals surface area contributed by atoms with Gasteiger partial charge in [0.25, 0.3) is 0 Å². The Morgan fingerprint density at radius 1 is 1.38 bits per heavy atom. The van der Waals surface area contributed by atoms with E-state index in [9.17, 15) is 9.59 Å². The molecule has 0 aliphatic heterocycles. The zero-order valence-electron chi connectivity index (χ0n) is 7.27. The van der Waals surface area contributed by atoms with Crippen LogP contribution in [-0.2, 0) is 9.53 Å². The Bertz CT molecular complexity index is 292. The van der Waals surface area contributed by atoms with E-state index in [2.05, 4.69) is 0 Å². The highest BCUT2D eigenvalue weighted by Gasteiger charge is 2.09. The summed E-state index contributed by atoms with van der Waals surface area (Å²) in [6, 6.07) is 8.56. The first kappa shape index (κ1) is 9.45. The molecule has 1 aromatic rings. The van der Waals surface area contributed by atoms with Crippen molar-refractivity contribution in [1.82, 2.24) is 0 Å². The number of aldehydes is 1. The third-order valence-electron chi connectivity index (χ3n) is 1.49. The lowest BCUT2D eigenvalue weighted by Crippen LogP contribution is -2.15. The van der Waals surface area contributed by atoms with Crippen LogP contribution in [0.15, 0.2) is 30.3 Å². The Morgan fingerprint density at radius 3 is 2.54 bits per heavy atom. The third kappa shape index (κ3) is 2.71. The van der Waals surface area contributed by atoms with Crippen molar-refractivity contribution >= 4 is 12.3 Å². The maximum Gasteiger partial charge on any atom is 0.338 e. The number of hydrogen-bond donors (Lipinski definition) is 0. The second kappa shape index (κ2) is 4.40. The minimum Gasteiger partial charge on any atom is -0.451 e. The summed E-state index contributed by atoms with van der Waals surface area (Å²) < 4.78 is 4.78. The molecule has 0 aliphatic rings. The van der Waals surface area contributed by atoms with Crippen molar-refractivity contribution < 1.29 is 14.3 Å². The number of carbonyl (C=O) groups excluding carboxylic acids is 2. The van der Waals surface area contributed by atoms with E-state index in [4.69, 9.17) is 4.74 Å². The van der Waals surface area contributed by atoms with Gasteiger partial charge in [-0.05, 0) is 19.1 Å². The molecule has 0 radical (unpaired) electrons. The quantitative estimate of drug-likeness (QED) is 0.519. The largest absolute Gasteiger partial charge is 0.451 e. The van der Waals surface area contributed by atoms with Gasteiger partial charge in [0.2, 0.25) is 0 Å². The second-order valence-corrected chi connectivity index (χ2v) is 2.61. The predicted molar refractivity (Wildman–Crippen MR) is 47.4 cm³/mol. The minimum absolute atomic E-state index is 0.455. The molecule has 0 aromatic heterocycles. The highest BCUT2D eigenvalue weighted by atomic mass is 16.5. The highest BCUT2D eigenvalue weighted by Crippen LogP contribution is 2.02. The van der Waals surface area contributed by atoms with E-state index >= 15 is 0 Å². The second-order valence-electron chi connectivity index (χ2n) is 2.61. The molecule has 1 rings (SSSR count). The van der Waals surface area contributed by atoms with Crippen molar-refractivity contribution in [2.45, 2.75) is 13.0 Å². The molecule has 0 saturated heterocycles. The van der Waals surface area contributed by atoms with E-state index in [-0.39, 0.29) is 0 Å². The number of benzene rings is 1. The maximum atomic E-state index is 11.2. The lowest BCUT2D eigenvalue weighted by atomic mass is 10.2. The van der Waals surface area contributed by atoms with Crippen molar-refractivity contribution in [2.24, 2.45) is 0 Å². The summed E-state index contributed by atoms with van der Waals surface area (Å²) in [6.45, 7) is 1.52. The van der Waals surface area contributed by atoms with Crippen LogP contribution in [0.5, 0.6) is 0 Å². The molecule has 68 valence electrons. The molecule has 1 aromatic carbocycles. The van der Waals surface area contributed by atoms with Crippen molar-refractivity contribution in [3.63, 3.8) is 0 Å². The Morgan fingerprint density at radius 2 is 2.00 bits per heavy atom. The molecule has 1 unspecified atom stereocenters. The van der Waals surface area contributed by atoms with Gasteiger partial charge >= 0.3 is 5.97 Å². The average molecular weight is 178 g/mol. The van der Waals surface area contributed by atoms with E-state index in [1.165, 1.54) is 6.92 Å². The number of rotatable bonds is 3. The van der Waals surface area contributed by atoms with Gasteiger partial charge in [0, 0.05) is 0 Å². The highest BCUT2D eigenvalue weighted by molar-refractivity contribution is 5.90. The fraction of sp³-hybridized carbons (Fsp3) is 0.200. The summed E-state index contributed by atoms with van der Waals surface area (Å²) in [5.41, 5.74) is 0.455. The zero-order chi connectivity index (χ0) is 9.68. The van der Waals surface area contributed by atoms with Crippen LogP contribution in [0.4, 0.5) is 0 Å². The van der Waals surface area contributed by atoms with Crippen molar-refractivity contribution in [2.75, 3.05) is 0 Å². The summed E-state index contributed by atoms with van der Waals surface area (Å²) in [5.74, 6) is -0.472. The van der Waals surface area contributed by atoms with Crippen LogP contribution >= 0.6 is 0 Å². The number of ether oxygens (including phenoxy) is 1. The van der Waals surface area contributed by atoms with Crippen LogP contribution in [0.25, 0.3) is 0 Å². The van der Waals surface area contributed by atoms with Crippen molar-refractivity contribution in [3.05, 3.63) is 35.9 Å². The van der Waals surface area contributed by atoms with E-state index in [0.717, 1.165) is 0 Å². The Hall–Kier alpha value is -1.64. The number of hydrogen-bond acceptors (Lipinski definition) is 3. The molecule has 0 N–H and O–H groups in total. The third-order valence-corrected chi connectivity index (χ3v) is 1.49. The van der Waals surface area contributed by atoms with Crippen LogP contribution < -0.4 is 0 Å². The molecular weight excluding hydrogens is 168 g/mol. The molecule has 0 spiro atoms. The summed E-state index contributed by atoms with van der Waals surface area (Å²) in [7, 11) is 0. The lowest BCUT2D eigenvalue weighted by molar-refractivity contribution is -0.114. The first-order valence-corrected chi connectivity index (χ1v) is 3.95. The van der Waals surface area contributed by atoms with Gasteiger partial charge in [-0.2, -0.15) is 0 Å². The first-order valence-electron chi connectivity index (χ1n) is 3.95. The normalized spacial score (nSPS) is 11.8. The Balaban J connectivity index is 2.64. The van der Waals surface area contributed by atoms with Crippen LogP contribution in [0, 0.1) is 0 Å². The lowest BCUT2D eigenvalue weighted by Gasteiger charge is -2.05. The molecule has 0 saturated carbocycles. The van der Waals surface area contributed by atoms with E-state index in [1.54, 1.807) is 30.3 Å². The van der Waals surface area contributed by atoms with Gasteiger partial charge in [-0.3, -0.25) is 4.79 Å². The summed E-state index contributed by atoms with van der Waals surface area (Å²) >= 11 is 0. The minimum atomic E-state index is -0.687. The monoisotopic (exact) mass is 178 g/mol. The van der Waals surface area contributed by atoms with E-state index in [1.807, 2.05) is 0 Å². The molecular formula is C10H10O3. The average Bonchev–Trinajstić information content (AvgIpc) is 2.19. The van der Waals surface area contributed by atoms with Crippen LogP contribution in [0.2, 0.25) is 0 Å². The molecule has 0 aliphatic carbocycles. The molecule has 0 fully saturated rings. The number of carbonyl (C=O) groups is 2. The van der Waals surface area contributed by atoms with Gasteiger partial charge in [-0.15, -0.1) is 0 Å². The number of esters is 1. The summed E-state index contributed by atoms with van der Waals surface area (Å²) in [5, 5.41) is 0. The van der Waals surface area contributed by atoms with E-state index in [0.29, 0.717) is 11.8 Å². The molecule has 13 heavy (non-hydrogen) atoms. The summed E-state index contributed by atoms with van der Waals surface area (Å²) in [6.07, 6.45) is -0.103. The van der Waals surface area contributed by atoms with Gasteiger partial charge < -0.3 is 4.74 Å². The van der Waals surface area contributed by atoms with Gasteiger partial charge in [0.1, 0.15) is 0 Å². The van der Waals surface area contributed by atoms with E-state index < -0.39 is 12.1 Å². The van der Waals surface area contributed by atoms with Crippen LogP contribution in [0.3, 0.4) is 0 Å². The standard InChI is InChI=1S/C10H10O3/c1-8(7-11)13-10(12)9-5-3-2-4-6-9/h2-8H,1H3. The first-order chi connectivity index (χ1) is 6.24. The SMILES string of the molecule is CC(C=O)OC(=O)c1ccccc1. The van der Waals surface area contributed by atoms with Gasteiger partial charge in [0.15, 0.2) is 12.4 Å². The fourth-order valence-electron chi connectivity index (χ4n) is 0.839. The molecule has 3 nitrogen and oxygen atoms in total. The molecule has 1 atom stereocenters. The smallest absolute Gasteiger partial charge is 0.338 e. The Kier molecular flexibility index (Phi) is 3.20. The molecule has 3 heteroatoms.